The number of aryl methyl sites for hydroxylation is 1. The molecule has 0 unspecified atom stereocenters. The van der Waals surface area contributed by atoms with E-state index in [0.717, 1.165) is 21.6 Å². The maximum absolute atomic E-state index is 12.2. The van der Waals surface area contributed by atoms with Crippen molar-refractivity contribution in [3.8, 4) is 5.69 Å². The summed E-state index contributed by atoms with van der Waals surface area (Å²) < 4.78 is 11.7. The van der Waals surface area contributed by atoms with Gasteiger partial charge in [-0.05, 0) is 51.1 Å². The molecule has 3 rings (SSSR count). The number of benzene rings is 1. The Morgan fingerprint density at radius 3 is 2.62 bits per heavy atom. The van der Waals surface area contributed by atoms with Gasteiger partial charge >= 0.3 is 11.9 Å². The van der Waals surface area contributed by atoms with E-state index in [2.05, 4.69) is 5.10 Å². The van der Waals surface area contributed by atoms with Crippen molar-refractivity contribution in [1.82, 2.24) is 9.78 Å². The Morgan fingerprint density at radius 1 is 1.27 bits per heavy atom. The molecule has 0 amide bonds. The van der Waals surface area contributed by atoms with Crippen LogP contribution in [0.3, 0.4) is 0 Å². The summed E-state index contributed by atoms with van der Waals surface area (Å²) in [5.41, 5.74) is 1.64. The molecule has 8 heteroatoms. The Bertz CT molecular complexity index is 960. The highest BCUT2D eigenvalue weighted by Gasteiger charge is 2.19. The molecule has 0 fully saturated rings. The van der Waals surface area contributed by atoms with E-state index in [1.807, 2.05) is 19.1 Å². The number of hydrogen-bond donors (Lipinski definition) is 0. The average molecular weight is 393 g/mol. The molecule has 0 spiro atoms. The zero-order valence-corrected chi connectivity index (χ0v) is 16.1. The molecule has 136 valence electrons. The van der Waals surface area contributed by atoms with Crippen LogP contribution in [0.15, 0.2) is 30.3 Å². The first-order chi connectivity index (χ1) is 12.3. The van der Waals surface area contributed by atoms with Gasteiger partial charge in [0.05, 0.1) is 17.5 Å². The summed E-state index contributed by atoms with van der Waals surface area (Å²) in [7, 11) is 0. The zero-order valence-electron chi connectivity index (χ0n) is 14.5. The number of halogens is 1. The van der Waals surface area contributed by atoms with E-state index in [-0.39, 0.29) is 6.10 Å². The van der Waals surface area contributed by atoms with Crippen molar-refractivity contribution in [2.45, 2.75) is 26.9 Å². The third-order valence-corrected chi connectivity index (χ3v) is 4.85. The Labute approximate surface area is 159 Å². The maximum atomic E-state index is 12.2. The molecule has 3 aromatic rings. The van der Waals surface area contributed by atoms with E-state index in [9.17, 15) is 9.59 Å². The number of thiophene rings is 1. The molecule has 0 saturated carbocycles. The van der Waals surface area contributed by atoms with E-state index < -0.39 is 18.5 Å². The molecule has 2 heterocycles. The Balaban J connectivity index is 1.83. The third-order valence-electron chi connectivity index (χ3n) is 3.51. The minimum atomic E-state index is -0.571. The molecule has 26 heavy (non-hydrogen) atoms. The first-order valence-electron chi connectivity index (χ1n) is 7.97. The number of aromatic nitrogens is 2. The molecule has 6 nitrogen and oxygen atoms in total. The molecule has 0 saturated heterocycles. The van der Waals surface area contributed by atoms with Gasteiger partial charge in [0, 0.05) is 10.4 Å². The van der Waals surface area contributed by atoms with Crippen LogP contribution in [0.1, 0.15) is 29.2 Å². The van der Waals surface area contributed by atoms with Crippen molar-refractivity contribution in [3.05, 3.63) is 45.9 Å². The summed E-state index contributed by atoms with van der Waals surface area (Å²) in [4.78, 5) is 25.0. The normalized spacial score (nSPS) is 11.1. The van der Waals surface area contributed by atoms with Crippen LogP contribution in [0.4, 0.5) is 0 Å². The molecule has 0 aliphatic carbocycles. The summed E-state index contributed by atoms with van der Waals surface area (Å²) in [5, 5.41) is 6.01. The lowest BCUT2D eigenvalue weighted by Crippen LogP contribution is -2.19. The van der Waals surface area contributed by atoms with Gasteiger partial charge in [-0.15, -0.1) is 11.3 Å². The second kappa shape index (κ2) is 7.47. The van der Waals surface area contributed by atoms with Crippen LogP contribution in [0.25, 0.3) is 15.9 Å². The van der Waals surface area contributed by atoms with Crippen molar-refractivity contribution in [3.63, 3.8) is 0 Å². The number of carbonyl (C=O) groups is 2. The van der Waals surface area contributed by atoms with Crippen LogP contribution < -0.4 is 0 Å². The number of fused-ring (bicyclic) bond motifs is 1. The third kappa shape index (κ3) is 3.89. The minimum absolute atomic E-state index is 0.251. The van der Waals surface area contributed by atoms with Gasteiger partial charge in [0.15, 0.2) is 6.61 Å². The van der Waals surface area contributed by atoms with Gasteiger partial charge in [-0.2, -0.15) is 5.10 Å². The van der Waals surface area contributed by atoms with Gasteiger partial charge in [0.25, 0.3) is 0 Å². The number of carbonyl (C=O) groups excluding carboxylic acids is 2. The zero-order chi connectivity index (χ0) is 18.8. The number of hydrogen-bond acceptors (Lipinski definition) is 6. The largest absolute Gasteiger partial charge is 0.460 e. The smallest absolute Gasteiger partial charge is 0.348 e. The number of nitrogens with zero attached hydrogens (tertiary/aromatic N) is 2. The fraction of sp³-hybridized carbons (Fsp3) is 0.278. The van der Waals surface area contributed by atoms with Crippen molar-refractivity contribution in [2.75, 3.05) is 6.61 Å². The number of ether oxygens (including phenoxy) is 2. The molecule has 0 N–H and O–H groups in total. The van der Waals surface area contributed by atoms with E-state index in [4.69, 9.17) is 21.1 Å². The predicted molar refractivity (Wildman–Crippen MR) is 100 cm³/mol. The van der Waals surface area contributed by atoms with Crippen molar-refractivity contribution in [2.24, 2.45) is 0 Å². The monoisotopic (exact) mass is 392 g/mol. The molecule has 0 aliphatic heterocycles. The van der Waals surface area contributed by atoms with Crippen LogP contribution in [0, 0.1) is 6.92 Å². The van der Waals surface area contributed by atoms with E-state index in [1.54, 1.807) is 36.7 Å². The van der Waals surface area contributed by atoms with E-state index in [0.29, 0.717) is 9.90 Å². The van der Waals surface area contributed by atoms with Gasteiger partial charge in [0.1, 0.15) is 9.71 Å². The van der Waals surface area contributed by atoms with E-state index >= 15 is 0 Å². The first kappa shape index (κ1) is 18.4. The van der Waals surface area contributed by atoms with Crippen molar-refractivity contribution in [1.29, 1.82) is 0 Å². The van der Waals surface area contributed by atoms with Crippen LogP contribution in [-0.4, -0.2) is 34.4 Å². The van der Waals surface area contributed by atoms with E-state index in [1.165, 1.54) is 11.3 Å². The Morgan fingerprint density at radius 2 is 1.96 bits per heavy atom. The second-order valence-electron chi connectivity index (χ2n) is 5.92. The van der Waals surface area contributed by atoms with Gasteiger partial charge < -0.3 is 9.47 Å². The fourth-order valence-electron chi connectivity index (χ4n) is 2.40. The quantitative estimate of drug-likeness (QED) is 0.610. The molecular formula is C18H17ClN2O4S. The summed E-state index contributed by atoms with van der Waals surface area (Å²) in [6, 6.07) is 9.00. The van der Waals surface area contributed by atoms with Crippen LogP contribution in [0.2, 0.25) is 5.02 Å². The highest BCUT2D eigenvalue weighted by atomic mass is 35.5. The fourth-order valence-corrected chi connectivity index (χ4v) is 3.60. The van der Waals surface area contributed by atoms with Gasteiger partial charge in [-0.3, -0.25) is 0 Å². The number of rotatable bonds is 5. The topological polar surface area (TPSA) is 70.4 Å². The van der Waals surface area contributed by atoms with Crippen LogP contribution in [-0.2, 0) is 14.3 Å². The minimum Gasteiger partial charge on any atom is -0.460 e. The standard InChI is InChI=1S/C18H17ClN2O4S/c1-10(2)25-16(22)9-24-18(23)15-8-14-11(3)20-21(17(14)26-15)13-6-4-12(19)5-7-13/h4-8,10H,9H2,1-3H3. The lowest BCUT2D eigenvalue weighted by molar-refractivity contribution is -0.150. The molecule has 1 aromatic carbocycles. The highest BCUT2D eigenvalue weighted by molar-refractivity contribution is 7.20. The highest BCUT2D eigenvalue weighted by Crippen LogP contribution is 2.31. The predicted octanol–water partition coefficient (Wildman–Crippen LogP) is 4.16. The first-order valence-corrected chi connectivity index (χ1v) is 9.16. The summed E-state index contributed by atoms with van der Waals surface area (Å²) in [5.74, 6) is -1.13. The van der Waals surface area contributed by atoms with Gasteiger partial charge in [-0.25, -0.2) is 14.3 Å². The SMILES string of the molecule is Cc1nn(-c2ccc(Cl)cc2)c2sc(C(=O)OCC(=O)OC(C)C)cc12. The molecule has 2 aromatic heterocycles. The molecule has 0 bridgehead atoms. The maximum Gasteiger partial charge on any atom is 0.348 e. The lowest BCUT2D eigenvalue weighted by Gasteiger charge is -2.07. The Kier molecular flexibility index (Phi) is 5.29. The average Bonchev–Trinajstić information content (AvgIpc) is 3.14. The molecule has 0 atom stereocenters. The number of esters is 2. The van der Waals surface area contributed by atoms with Crippen molar-refractivity contribution >= 4 is 45.1 Å². The molecular weight excluding hydrogens is 376 g/mol. The van der Waals surface area contributed by atoms with Crippen LogP contribution in [0.5, 0.6) is 0 Å². The second-order valence-corrected chi connectivity index (χ2v) is 7.38. The van der Waals surface area contributed by atoms with Crippen LogP contribution >= 0.6 is 22.9 Å². The molecule has 0 radical (unpaired) electrons. The van der Waals surface area contributed by atoms with Crippen molar-refractivity contribution < 1.29 is 19.1 Å². The summed E-state index contributed by atoms with van der Waals surface area (Å²) in [6.45, 7) is 4.93. The summed E-state index contributed by atoms with van der Waals surface area (Å²) in [6.07, 6.45) is -0.251. The van der Waals surface area contributed by atoms with Gasteiger partial charge in [-0.1, -0.05) is 11.6 Å². The van der Waals surface area contributed by atoms with Gasteiger partial charge in [0.2, 0.25) is 0 Å². The Hall–Kier alpha value is -2.38. The summed E-state index contributed by atoms with van der Waals surface area (Å²) >= 11 is 7.19. The molecule has 0 aliphatic rings. The lowest BCUT2D eigenvalue weighted by atomic mass is 10.3.